The van der Waals surface area contributed by atoms with Gasteiger partial charge in [-0.3, -0.25) is 0 Å². The predicted molar refractivity (Wildman–Crippen MR) is 85.8 cm³/mol. The zero-order valence-electron chi connectivity index (χ0n) is 13.7. The van der Waals surface area contributed by atoms with Crippen LogP contribution in [0.1, 0.15) is 31.9 Å². The Morgan fingerprint density at radius 1 is 1.45 bits per heavy atom. The van der Waals surface area contributed by atoms with E-state index in [0.29, 0.717) is 26.3 Å². The van der Waals surface area contributed by atoms with Crippen molar-refractivity contribution in [3.63, 3.8) is 0 Å². The Morgan fingerprint density at radius 2 is 2.18 bits per heavy atom. The molecule has 0 aliphatic carbocycles. The number of hydrogen-bond acceptors (Lipinski definition) is 3. The van der Waals surface area contributed by atoms with Crippen LogP contribution >= 0.6 is 0 Å². The van der Waals surface area contributed by atoms with Gasteiger partial charge in [0.05, 0.1) is 31.4 Å². The first-order valence-electron chi connectivity index (χ1n) is 7.81. The smallest absolute Gasteiger partial charge is 0.318 e. The van der Waals surface area contributed by atoms with Crippen LogP contribution in [-0.4, -0.2) is 49.9 Å². The molecule has 1 N–H and O–H groups in total. The van der Waals surface area contributed by atoms with E-state index in [2.05, 4.69) is 19.2 Å². The molecule has 1 heterocycles. The summed E-state index contributed by atoms with van der Waals surface area (Å²) in [5, 5.41) is 3.07. The number of nitrogens with zero attached hydrogens (tertiary/aromatic N) is 1. The molecule has 0 saturated carbocycles. The molecule has 5 nitrogen and oxygen atoms in total. The van der Waals surface area contributed by atoms with E-state index >= 15 is 0 Å². The molecule has 1 aromatic carbocycles. The van der Waals surface area contributed by atoms with Gasteiger partial charge >= 0.3 is 6.03 Å². The van der Waals surface area contributed by atoms with Crippen LogP contribution in [0.2, 0.25) is 0 Å². The van der Waals surface area contributed by atoms with Gasteiger partial charge in [-0.2, -0.15) is 0 Å². The fourth-order valence-electron chi connectivity index (χ4n) is 2.63. The average molecular weight is 306 g/mol. The number of benzene rings is 1. The number of rotatable bonds is 5. The maximum Gasteiger partial charge on any atom is 0.318 e. The van der Waals surface area contributed by atoms with E-state index < -0.39 is 0 Å². The van der Waals surface area contributed by atoms with Crippen molar-refractivity contribution in [2.24, 2.45) is 0 Å². The standard InChI is InChI=1S/C17H26N2O3/c1-4-17(2)13-19(10-11-22-17)16(20)18-15(12-21-3)14-8-6-5-7-9-14/h5-9,15H,4,10-13H2,1-3H3,(H,18,20). The molecular formula is C17H26N2O3. The van der Waals surface area contributed by atoms with Crippen molar-refractivity contribution >= 4 is 6.03 Å². The molecule has 2 rings (SSSR count). The number of methoxy groups -OCH3 is 1. The van der Waals surface area contributed by atoms with E-state index in [0.717, 1.165) is 12.0 Å². The topological polar surface area (TPSA) is 50.8 Å². The van der Waals surface area contributed by atoms with Crippen LogP contribution in [0, 0.1) is 0 Å². The highest BCUT2D eigenvalue weighted by molar-refractivity contribution is 5.75. The third-order valence-corrected chi connectivity index (χ3v) is 4.21. The molecule has 2 unspecified atom stereocenters. The molecule has 22 heavy (non-hydrogen) atoms. The summed E-state index contributed by atoms with van der Waals surface area (Å²) in [4.78, 5) is 14.4. The number of hydrogen-bond donors (Lipinski definition) is 1. The van der Waals surface area contributed by atoms with Crippen LogP contribution in [0.25, 0.3) is 0 Å². The molecule has 1 fully saturated rings. The number of ether oxygens (including phenoxy) is 2. The summed E-state index contributed by atoms with van der Waals surface area (Å²) in [6, 6.07) is 9.69. The van der Waals surface area contributed by atoms with Gasteiger partial charge in [-0.1, -0.05) is 37.3 Å². The fraction of sp³-hybridized carbons (Fsp3) is 0.588. The van der Waals surface area contributed by atoms with E-state index in [1.54, 1.807) is 7.11 Å². The number of carbonyl (C=O) groups is 1. The Balaban J connectivity index is 2.02. The normalized spacial score (nSPS) is 23.1. The number of urea groups is 1. The second-order valence-corrected chi connectivity index (χ2v) is 5.94. The van der Waals surface area contributed by atoms with Crippen molar-refractivity contribution in [1.82, 2.24) is 10.2 Å². The van der Waals surface area contributed by atoms with Crippen molar-refractivity contribution < 1.29 is 14.3 Å². The zero-order chi connectivity index (χ0) is 16.0. The molecule has 1 saturated heterocycles. The lowest BCUT2D eigenvalue weighted by molar-refractivity contribution is -0.0875. The van der Waals surface area contributed by atoms with E-state index in [9.17, 15) is 4.79 Å². The van der Waals surface area contributed by atoms with Crippen LogP contribution < -0.4 is 5.32 Å². The van der Waals surface area contributed by atoms with E-state index in [4.69, 9.17) is 9.47 Å². The van der Waals surface area contributed by atoms with Gasteiger partial charge in [-0.05, 0) is 18.9 Å². The average Bonchev–Trinajstić information content (AvgIpc) is 2.55. The molecule has 1 aliphatic rings. The lowest BCUT2D eigenvalue weighted by Crippen LogP contribution is -2.55. The molecule has 0 radical (unpaired) electrons. The lowest BCUT2D eigenvalue weighted by Gasteiger charge is -2.40. The third-order valence-electron chi connectivity index (χ3n) is 4.21. The molecule has 5 heteroatoms. The van der Waals surface area contributed by atoms with Gasteiger partial charge in [0.15, 0.2) is 0 Å². The fourth-order valence-corrected chi connectivity index (χ4v) is 2.63. The number of nitrogens with one attached hydrogen (secondary N) is 1. The largest absolute Gasteiger partial charge is 0.382 e. The minimum absolute atomic E-state index is 0.0612. The Hall–Kier alpha value is -1.59. The first-order valence-corrected chi connectivity index (χ1v) is 7.81. The van der Waals surface area contributed by atoms with Crippen molar-refractivity contribution in [2.75, 3.05) is 33.4 Å². The summed E-state index contributed by atoms with van der Waals surface area (Å²) in [6.45, 7) is 6.40. The highest BCUT2D eigenvalue weighted by Crippen LogP contribution is 2.21. The quantitative estimate of drug-likeness (QED) is 0.909. The summed E-state index contributed by atoms with van der Waals surface area (Å²) in [7, 11) is 1.64. The molecule has 1 aliphatic heterocycles. The summed E-state index contributed by atoms with van der Waals surface area (Å²) in [5.41, 5.74) is 0.795. The first kappa shape index (κ1) is 16.8. The minimum atomic E-state index is -0.251. The van der Waals surface area contributed by atoms with E-state index in [1.807, 2.05) is 35.2 Å². The molecule has 0 bridgehead atoms. The minimum Gasteiger partial charge on any atom is -0.382 e. The molecule has 2 atom stereocenters. The van der Waals surface area contributed by atoms with Gasteiger partial charge in [0, 0.05) is 13.7 Å². The van der Waals surface area contributed by atoms with E-state index in [-0.39, 0.29) is 17.7 Å². The lowest BCUT2D eigenvalue weighted by atomic mass is 10.0. The van der Waals surface area contributed by atoms with Gasteiger partial charge < -0.3 is 19.7 Å². The highest BCUT2D eigenvalue weighted by Gasteiger charge is 2.33. The Kier molecular flexibility index (Phi) is 5.80. The van der Waals surface area contributed by atoms with Crippen LogP contribution in [0.4, 0.5) is 4.79 Å². The van der Waals surface area contributed by atoms with Crippen molar-refractivity contribution in [3.8, 4) is 0 Å². The molecule has 122 valence electrons. The van der Waals surface area contributed by atoms with Crippen molar-refractivity contribution in [1.29, 1.82) is 0 Å². The maximum atomic E-state index is 12.6. The van der Waals surface area contributed by atoms with Gasteiger partial charge in [0.2, 0.25) is 0 Å². The molecule has 2 amide bonds. The molecule has 0 aromatic heterocycles. The Morgan fingerprint density at radius 3 is 2.82 bits per heavy atom. The zero-order valence-corrected chi connectivity index (χ0v) is 13.7. The van der Waals surface area contributed by atoms with Crippen LogP contribution in [0.5, 0.6) is 0 Å². The van der Waals surface area contributed by atoms with Crippen LogP contribution in [-0.2, 0) is 9.47 Å². The Bertz CT molecular complexity index is 480. The number of amides is 2. The summed E-state index contributed by atoms with van der Waals surface area (Å²) < 4.78 is 11.0. The second-order valence-electron chi connectivity index (χ2n) is 5.94. The highest BCUT2D eigenvalue weighted by atomic mass is 16.5. The van der Waals surface area contributed by atoms with Gasteiger partial charge in [-0.25, -0.2) is 4.79 Å². The van der Waals surface area contributed by atoms with E-state index in [1.165, 1.54) is 0 Å². The van der Waals surface area contributed by atoms with Gasteiger partial charge in [-0.15, -0.1) is 0 Å². The summed E-state index contributed by atoms with van der Waals surface area (Å²) in [5.74, 6) is 0. The third kappa shape index (κ3) is 4.21. The summed E-state index contributed by atoms with van der Waals surface area (Å²) in [6.07, 6.45) is 0.886. The summed E-state index contributed by atoms with van der Waals surface area (Å²) >= 11 is 0. The van der Waals surface area contributed by atoms with Crippen LogP contribution in [0.15, 0.2) is 30.3 Å². The monoisotopic (exact) mass is 306 g/mol. The molecule has 1 aromatic rings. The molecule has 0 spiro atoms. The second kappa shape index (κ2) is 7.61. The van der Waals surface area contributed by atoms with Gasteiger partial charge in [0.1, 0.15) is 0 Å². The Labute approximate surface area is 132 Å². The number of morpholine rings is 1. The van der Waals surface area contributed by atoms with Crippen LogP contribution in [0.3, 0.4) is 0 Å². The van der Waals surface area contributed by atoms with Gasteiger partial charge in [0.25, 0.3) is 0 Å². The van der Waals surface area contributed by atoms with Crippen molar-refractivity contribution in [3.05, 3.63) is 35.9 Å². The predicted octanol–water partition coefficient (Wildman–Crippen LogP) is 2.58. The SMILES string of the molecule is CCC1(C)CN(C(=O)NC(COC)c2ccccc2)CCO1. The maximum absolute atomic E-state index is 12.6. The number of carbonyl (C=O) groups excluding carboxylic acids is 1. The first-order chi connectivity index (χ1) is 10.6. The van der Waals surface area contributed by atoms with Crippen molar-refractivity contribution in [2.45, 2.75) is 31.9 Å². The molecular weight excluding hydrogens is 280 g/mol.